The number of amides is 1. The Kier molecular flexibility index (Phi) is 6.13. The summed E-state index contributed by atoms with van der Waals surface area (Å²) in [4.78, 5) is 23.4. The molecule has 0 radical (unpaired) electrons. The van der Waals surface area contributed by atoms with Gasteiger partial charge in [-0.1, -0.05) is 48.5 Å². The van der Waals surface area contributed by atoms with Crippen LogP contribution in [0.3, 0.4) is 0 Å². The molecule has 24 heavy (non-hydrogen) atoms. The number of hydrogen-bond donors (Lipinski definition) is 2. The van der Waals surface area contributed by atoms with Crippen LogP contribution in [-0.4, -0.2) is 17.0 Å². The first-order valence-corrected chi connectivity index (χ1v) is 8.08. The van der Waals surface area contributed by atoms with Gasteiger partial charge in [-0.15, -0.1) is 0 Å². The number of carboxylic acids is 1. The van der Waals surface area contributed by atoms with Gasteiger partial charge in [0.05, 0.1) is 12.5 Å². The van der Waals surface area contributed by atoms with E-state index in [1.807, 2.05) is 62.4 Å². The van der Waals surface area contributed by atoms with E-state index >= 15 is 0 Å². The third kappa shape index (κ3) is 4.95. The predicted molar refractivity (Wildman–Crippen MR) is 93.8 cm³/mol. The van der Waals surface area contributed by atoms with Crippen LogP contribution in [0.4, 0.5) is 0 Å². The molecule has 2 aromatic carbocycles. The van der Waals surface area contributed by atoms with Crippen LogP contribution in [0.5, 0.6) is 0 Å². The van der Waals surface area contributed by atoms with Crippen molar-refractivity contribution in [1.82, 2.24) is 5.32 Å². The van der Waals surface area contributed by atoms with Crippen molar-refractivity contribution in [2.75, 3.05) is 0 Å². The van der Waals surface area contributed by atoms with Gasteiger partial charge in [0.25, 0.3) is 0 Å². The first-order valence-electron chi connectivity index (χ1n) is 8.08. The van der Waals surface area contributed by atoms with Crippen LogP contribution in [0.2, 0.25) is 0 Å². The summed E-state index contributed by atoms with van der Waals surface area (Å²) in [6.07, 6.45) is 0.861. The minimum absolute atomic E-state index is 0.124. The number of carboxylic acid groups (broad SMARTS) is 1. The van der Waals surface area contributed by atoms with Crippen LogP contribution in [0.25, 0.3) is 0 Å². The Morgan fingerprint density at radius 3 is 2.25 bits per heavy atom. The Morgan fingerprint density at radius 1 is 1.00 bits per heavy atom. The van der Waals surface area contributed by atoms with Crippen molar-refractivity contribution in [1.29, 1.82) is 0 Å². The van der Waals surface area contributed by atoms with Crippen molar-refractivity contribution in [2.45, 2.75) is 39.2 Å². The molecule has 4 heteroatoms. The summed E-state index contributed by atoms with van der Waals surface area (Å²) in [6, 6.07) is 15.0. The highest BCUT2D eigenvalue weighted by atomic mass is 16.4. The average molecular weight is 325 g/mol. The van der Waals surface area contributed by atoms with Crippen molar-refractivity contribution in [2.24, 2.45) is 0 Å². The monoisotopic (exact) mass is 325 g/mol. The van der Waals surface area contributed by atoms with Crippen LogP contribution in [0.15, 0.2) is 48.5 Å². The number of aliphatic carboxylic acids is 1. The summed E-state index contributed by atoms with van der Waals surface area (Å²) in [5, 5.41) is 12.0. The third-order valence-corrected chi connectivity index (χ3v) is 4.16. The highest BCUT2D eigenvalue weighted by Crippen LogP contribution is 2.21. The maximum atomic E-state index is 12.3. The smallest absolute Gasteiger partial charge is 0.305 e. The van der Waals surface area contributed by atoms with E-state index in [4.69, 9.17) is 5.11 Å². The molecule has 0 aliphatic rings. The Balaban J connectivity index is 2.04. The first kappa shape index (κ1) is 17.7. The minimum Gasteiger partial charge on any atom is -0.481 e. The van der Waals surface area contributed by atoms with Gasteiger partial charge in [0.15, 0.2) is 0 Å². The summed E-state index contributed by atoms with van der Waals surface area (Å²) in [5.41, 5.74) is 4.12. The van der Waals surface area contributed by atoms with Crippen LogP contribution in [0, 0.1) is 13.8 Å². The molecule has 126 valence electrons. The maximum absolute atomic E-state index is 12.3. The fourth-order valence-corrected chi connectivity index (χ4v) is 2.80. The highest BCUT2D eigenvalue weighted by molar-refractivity contribution is 5.78. The molecule has 2 aromatic rings. The van der Waals surface area contributed by atoms with Crippen molar-refractivity contribution >= 4 is 11.9 Å². The van der Waals surface area contributed by atoms with Gasteiger partial charge in [0.1, 0.15) is 0 Å². The topological polar surface area (TPSA) is 66.4 Å². The van der Waals surface area contributed by atoms with E-state index in [-0.39, 0.29) is 12.3 Å². The van der Waals surface area contributed by atoms with Crippen LogP contribution in [0.1, 0.15) is 41.1 Å². The van der Waals surface area contributed by atoms with E-state index < -0.39 is 12.0 Å². The van der Waals surface area contributed by atoms with Gasteiger partial charge in [-0.25, -0.2) is 0 Å². The molecule has 1 unspecified atom stereocenters. The zero-order valence-electron chi connectivity index (χ0n) is 14.1. The molecule has 0 bridgehead atoms. The maximum Gasteiger partial charge on any atom is 0.305 e. The van der Waals surface area contributed by atoms with E-state index in [0.29, 0.717) is 12.8 Å². The van der Waals surface area contributed by atoms with Crippen molar-refractivity contribution < 1.29 is 14.7 Å². The summed E-state index contributed by atoms with van der Waals surface area (Å²) < 4.78 is 0. The normalized spacial score (nSPS) is 11.8. The molecular weight excluding hydrogens is 302 g/mol. The number of carbonyl (C=O) groups is 2. The molecule has 0 saturated heterocycles. The van der Waals surface area contributed by atoms with Crippen LogP contribution >= 0.6 is 0 Å². The third-order valence-electron chi connectivity index (χ3n) is 4.16. The predicted octanol–water partition coefficient (Wildman–Crippen LogP) is 3.57. The molecule has 0 saturated carbocycles. The fraction of sp³-hybridized carbons (Fsp3) is 0.300. The molecule has 0 aromatic heterocycles. The summed E-state index contributed by atoms with van der Waals surface area (Å²) >= 11 is 0. The number of benzene rings is 2. The Hall–Kier alpha value is -2.62. The van der Waals surface area contributed by atoms with Gasteiger partial charge >= 0.3 is 5.97 Å². The fourth-order valence-electron chi connectivity index (χ4n) is 2.80. The number of aryl methyl sites for hydroxylation is 3. The Labute approximate surface area is 142 Å². The molecule has 1 atom stereocenters. The Bertz CT molecular complexity index is 724. The van der Waals surface area contributed by atoms with Gasteiger partial charge in [-0.05, 0) is 42.5 Å². The SMILES string of the molecule is Cc1ccccc1CCC(=O)NC(CC(=O)O)c1ccccc1C. The minimum atomic E-state index is -0.928. The molecule has 2 rings (SSSR count). The van der Waals surface area contributed by atoms with Gasteiger partial charge in [0, 0.05) is 6.42 Å². The van der Waals surface area contributed by atoms with Gasteiger partial charge in [-0.3, -0.25) is 9.59 Å². The summed E-state index contributed by atoms with van der Waals surface area (Å²) in [7, 11) is 0. The molecule has 0 spiro atoms. The lowest BCUT2D eigenvalue weighted by molar-refractivity contribution is -0.137. The van der Waals surface area contributed by atoms with Crippen molar-refractivity contribution in [3.05, 3.63) is 70.8 Å². The number of rotatable bonds is 7. The largest absolute Gasteiger partial charge is 0.481 e. The second-order valence-electron chi connectivity index (χ2n) is 6.00. The van der Waals surface area contributed by atoms with Crippen LogP contribution < -0.4 is 5.32 Å². The van der Waals surface area contributed by atoms with Crippen LogP contribution in [-0.2, 0) is 16.0 Å². The second kappa shape index (κ2) is 8.29. The second-order valence-corrected chi connectivity index (χ2v) is 6.00. The standard InChI is InChI=1S/C20H23NO3/c1-14-7-3-5-9-16(14)11-12-19(22)21-18(13-20(23)24)17-10-6-4-8-15(17)2/h3-10,18H,11-13H2,1-2H3,(H,21,22)(H,23,24). The molecule has 0 aliphatic carbocycles. The van der Waals surface area contributed by atoms with Crippen molar-refractivity contribution in [3.63, 3.8) is 0 Å². The lowest BCUT2D eigenvalue weighted by Gasteiger charge is -2.19. The summed E-state index contributed by atoms with van der Waals surface area (Å²) in [5.74, 6) is -1.06. The van der Waals surface area contributed by atoms with Gasteiger partial charge in [-0.2, -0.15) is 0 Å². The lowest BCUT2D eigenvalue weighted by Crippen LogP contribution is -2.30. The molecule has 0 aliphatic heterocycles. The van der Waals surface area contributed by atoms with E-state index in [1.54, 1.807) is 0 Å². The molecule has 0 heterocycles. The van der Waals surface area contributed by atoms with E-state index in [1.165, 1.54) is 0 Å². The molecule has 4 nitrogen and oxygen atoms in total. The first-order chi connectivity index (χ1) is 11.5. The zero-order chi connectivity index (χ0) is 17.5. The summed E-state index contributed by atoms with van der Waals surface area (Å²) in [6.45, 7) is 3.94. The average Bonchev–Trinajstić information content (AvgIpc) is 2.53. The van der Waals surface area contributed by atoms with Gasteiger partial charge < -0.3 is 10.4 Å². The lowest BCUT2D eigenvalue weighted by atomic mass is 9.98. The quantitative estimate of drug-likeness (QED) is 0.818. The Morgan fingerprint density at radius 2 is 1.62 bits per heavy atom. The van der Waals surface area contributed by atoms with E-state index in [9.17, 15) is 9.59 Å². The number of carbonyl (C=O) groups excluding carboxylic acids is 1. The number of nitrogens with one attached hydrogen (secondary N) is 1. The van der Waals surface area contributed by atoms with Crippen molar-refractivity contribution in [3.8, 4) is 0 Å². The van der Waals surface area contributed by atoms with E-state index in [2.05, 4.69) is 5.32 Å². The molecular formula is C20H23NO3. The molecule has 0 fully saturated rings. The molecule has 1 amide bonds. The van der Waals surface area contributed by atoms with Gasteiger partial charge in [0.2, 0.25) is 5.91 Å². The highest BCUT2D eigenvalue weighted by Gasteiger charge is 2.19. The van der Waals surface area contributed by atoms with E-state index in [0.717, 1.165) is 22.3 Å². The number of hydrogen-bond acceptors (Lipinski definition) is 2. The zero-order valence-corrected chi connectivity index (χ0v) is 14.1. The molecule has 2 N–H and O–H groups in total.